The number of aromatic nitrogens is 2. The fourth-order valence-electron chi connectivity index (χ4n) is 2.80. The smallest absolute Gasteiger partial charge is 0.191 e. The van der Waals surface area contributed by atoms with E-state index in [1.807, 2.05) is 40.8 Å². The molecule has 0 bridgehead atoms. The number of rotatable bonds is 10. The first-order valence-corrected chi connectivity index (χ1v) is 10.8. The van der Waals surface area contributed by atoms with E-state index in [2.05, 4.69) is 46.3 Å². The molecule has 0 fully saturated rings. The van der Waals surface area contributed by atoms with Gasteiger partial charge in [0.2, 0.25) is 0 Å². The molecule has 8 heteroatoms. The van der Waals surface area contributed by atoms with E-state index in [-0.39, 0.29) is 24.0 Å². The van der Waals surface area contributed by atoms with Crippen LogP contribution in [0.5, 0.6) is 0 Å². The number of aliphatic imine (C=N–C) groups is 1. The molecule has 6 nitrogen and oxygen atoms in total. The summed E-state index contributed by atoms with van der Waals surface area (Å²) in [6, 6.07) is 14.2. The van der Waals surface area contributed by atoms with E-state index in [1.54, 1.807) is 12.5 Å². The maximum absolute atomic E-state index is 5.40. The molecule has 0 aliphatic heterocycles. The van der Waals surface area contributed by atoms with E-state index in [0.717, 1.165) is 43.5 Å². The molecule has 29 heavy (non-hydrogen) atoms. The van der Waals surface area contributed by atoms with Gasteiger partial charge in [-0.25, -0.2) is 4.99 Å². The van der Waals surface area contributed by atoms with E-state index in [4.69, 9.17) is 9.41 Å². The van der Waals surface area contributed by atoms with E-state index in [0.29, 0.717) is 6.54 Å². The SMILES string of the molecule is CSCCNC(=NCc1ccccc1Cn1cccn1)NCCc1ccco1.I. The number of thioether (sulfide) groups is 1. The first kappa shape index (κ1) is 23.3. The molecule has 2 aromatic heterocycles. The molecule has 156 valence electrons. The van der Waals surface area contributed by atoms with Crippen molar-refractivity contribution in [3.05, 3.63) is 78.0 Å². The Hall–Kier alpha value is -1.94. The van der Waals surface area contributed by atoms with Crippen molar-refractivity contribution in [1.82, 2.24) is 20.4 Å². The molecule has 0 aliphatic rings. The third-order valence-corrected chi connectivity index (χ3v) is 4.87. The van der Waals surface area contributed by atoms with E-state index in [1.165, 1.54) is 11.1 Å². The lowest BCUT2D eigenvalue weighted by Gasteiger charge is -2.13. The minimum absolute atomic E-state index is 0. The van der Waals surface area contributed by atoms with Crippen LogP contribution in [0.25, 0.3) is 0 Å². The first-order chi connectivity index (χ1) is 13.8. The van der Waals surface area contributed by atoms with Crippen LogP contribution in [0.15, 0.2) is 70.5 Å². The predicted octanol–water partition coefficient (Wildman–Crippen LogP) is 3.78. The van der Waals surface area contributed by atoms with Crippen molar-refractivity contribution in [2.24, 2.45) is 4.99 Å². The Morgan fingerprint density at radius 3 is 2.66 bits per heavy atom. The van der Waals surface area contributed by atoms with Crippen LogP contribution in [-0.2, 0) is 19.5 Å². The van der Waals surface area contributed by atoms with Crippen LogP contribution < -0.4 is 10.6 Å². The zero-order valence-corrected chi connectivity index (χ0v) is 19.7. The summed E-state index contributed by atoms with van der Waals surface area (Å²) >= 11 is 1.81. The van der Waals surface area contributed by atoms with Crippen LogP contribution in [0.1, 0.15) is 16.9 Å². The molecule has 0 unspecified atom stereocenters. The molecule has 0 atom stereocenters. The van der Waals surface area contributed by atoms with Crippen molar-refractivity contribution in [2.45, 2.75) is 19.5 Å². The van der Waals surface area contributed by atoms with Gasteiger partial charge in [-0.05, 0) is 35.6 Å². The van der Waals surface area contributed by atoms with Gasteiger partial charge in [-0.2, -0.15) is 16.9 Å². The maximum atomic E-state index is 5.40. The topological polar surface area (TPSA) is 67.4 Å². The van der Waals surface area contributed by atoms with Crippen LogP contribution in [0.3, 0.4) is 0 Å². The summed E-state index contributed by atoms with van der Waals surface area (Å²) in [5, 5.41) is 11.1. The van der Waals surface area contributed by atoms with Crippen LogP contribution in [0, 0.1) is 0 Å². The van der Waals surface area contributed by atoms with Crippen LogP contribution in [0.4, 0.5) is 0 Å². The second-order valence-electron chi connectivity index (χ2n) is 6.31. The highest BCUT2D eigenvalue weighted by Gasteiger charge is 2.05. The van der Waals surface area contributed by atoms with Gasteiger partial charge in [0.1, 0.15) is 5.76 Å². The average molecular weight is 525 g/mol. The molecule has 2 heterocycles. The Labute approximate surface area is 193 Å². The maximum Gasteiger partial charge on any atom is 0.191 e. The summed E-state index contributed by atoms with van der Waals surface area (Å²) in [5.74, 6) is 2.84. The molecule has 0 amide bonds. The molecule has 3 rings (SSSR count). The zero-order chi connectivity index (χ0) is 19.4. The number of nitrogens with zero attached hydrogens (tertiary/aromatic N) is 3. The van der Waals surface area contributed by atoms with Crippen molar-refractivity contribution >= 4 is 41.7 Å². The Morgan fingerprint density at radius 1 is 1.10 bits per heavy atom. The summed E-state index contributed by atoms with van der Waals surface area (Å²) in [6.45, 7) is 3.02. The van der Waals surface area contributed by atoms with Gasteiger partial charge in [-0.15, -0.1) is 24.0 Å². The predicted molar refractivity (Wildman–Crippen MR) is 131 cm³/mol. The zero-order valence-electron chi connectivity index (χ0n) is 16.6. The molecule has 0 saturated heterocycles. The average Bonchev–Trinajstić information content (AvgIpc) is 3.41. The molecular weight excluding hydrogens is 497 g/mol. The van der Waals surface area contributed by atoms with Gasteiger partial charge >= 0.3 is 0 Å². The third-order valence-electron chi connectivity index (χ3n) is 4.26. The molecule has 0 saturated carbocycles. The number of halogens is 1. The summed E-state index contributed by atoms with van der Waals surface area (Å²) in [6.07, 6.45) is 8.42. The highest BCUT2D eigenvalue weighted by Crippen LogP contribution is 2.11. The number of hydrogen-bond acceptors (Lipinski definition) is 4. The molecule has 0 radical (unpaired) electrons. The lowest BCUT2D eigenvalue weighted by Crippen LogP contribution is -2.39. The first-order valence-electron chi connectivity index (χ1n) is 9.43. The van der Waals surface area contributed by atoms with Crippen molar-refractivity contribution in [3.8, 4) is 0 Å². The number of guanidine groups is 1. The van der Waals surface area contributed by atoms with Gasteiger partial charge < -0.3 is 15.1 Å². The number of nitrogens with one attached hydrogen (secondary N) is 2. The van der Waals surface area contributed by atoms with Gasteiger partial charge in [0.05, 0.1) is 19.4 Å². The minimum Gasteiger partial charge on any atom is -0.469 e. The van der Waals surface area contributed by atoms with Gasteiger partial charge in [0, 0.05) is 37.7 Å². The fraction of sp³-hybridized carbons (Fsp3) is 0.333. The van der Waals surface area contributed by atoms with Crippen LogP contribution in [0.2, 0.25) is 0 Å². The van der Waals surface area contributed by atoms with Gasteiger partial charge in [0.15, 0.2) is 5.96 Å². The molecule has 0 spiro atoms. The lowest BCUT2D eigenvalue weighted by atomic mass is 10.1. The Bertz CT molecular complexity index is 837. The van der Waals surface area contributed by atoms with E-state index in [9.17, 15) is 0 Å². The Morgan fingerprint density at radius 2 is 1.93 bits per heavy atom. The van der Waals surface area contributed by atoms with E-state index >= 15 is 0 Å². The number of furan rings is 1. The van der Waals surface area contributed by atoms with Gasteiger partial charge in [0.25, 0.3) is 0 Å². The van der Waals surface area contributed by atoms with E-state index < -0.39 is 0 Å². The van der Waals surface area contributed by atoms with Crippen molar-refractivity contribution < 1.29 is 4.42 Å². The van der Waals surface area contributed by atoms with Crippen molar-refractivity contribution in [2.75, 3.05) is 25.1 Å². The largest absolute Gasteiger partial charge is 0.469 e. The highest BCUT2D eigenvalue weighted by atomic mass is 127. The number of hydrogen-bond donors (Lipinski definition) is 2. The lowest BCUT2D eigenvalue weighted by molar-refractivity contribution is 0.507. The third kappa shape index (κ3) is 8.14. The summed E-state index contributed by atoms with van der Waals surface area (Å²) in [4.78, 5) is 4.80. The molecule has 2 N–H and O–H groups in total. The van der Waals surface area contributed by atoms with Crippen LogP contribution >= 0.6 is 35.7 Å². The van der Waals surface area contributed by atoms with Gasteiger partial charge in [-0.1, -0.05) is 24.3 Å². The second kappa shape index (κ2) is 13.3. The summed E-state index contributed by atoms with van der Waals surface area (Å²) in [7, 11) is 0. The van der Waals surface area contributed by atoms with Crippen molar-refractivity contribution in [1.29, 1.82) is 0 Å². The van der Waals surface area contributed by atoms with Gasteiger partial charge in [-0.3, -0.25) is 4.68 Å². The Kier molecular flexibility index (Phi) is 10.7. The second-order valence-corrected chi connectivity index (χ2v) is 7.30. The molecular formula is C21H28IN5OS. The molecule has 1 aromatic carbocycles. The normalized spacial score (nSPS) is 11.1. The monoisotopic (exact) mass is 525 g/mol. The highest BCUT2D eigenvalue weighted by molar-refractivity contribution is 14.0. The Balaban J connectivity index is 0.00000300. The fourth-order valence-corrected chi connectivity index (χ4v) is 3.11. The minimum atomic E-state index is 0. The molecule has 3 aromatic rings. The van der Waals surface area contributed by atoms with Crippen LogP contribution in [-0.4, -0.2) is 40.8 Å². The summed E-state index contributed by atoms with van der Waals surface area (Å²) < 4.78 is 7.33. The van der Waals surface area contributed by atoms with Crippen molar-refractivity contribution in [3.63, 3.8) is 0 Å². The number of benzene rings is 1. The summed E-state index contributed by atoms with van der Waals surface area (Å²) in [5.41, 5.74) is 2.43. The quantitative estimate of drug-likeness (QED) is 0.183. The molecule has 0 aliphatic carbocycles. The standard InChI is InChI=1S/C21H27N5OS.HI/c1-28-15-12-23-21(22-11-9-20-8-4-14-27-20)24-16-18-6-2-3-7-19(18)17-26-13-5-10-25-26;/h2-8,10,13-14H,9,11-12,15-17H2,1H3,(H2,22,23,24);1H.